The van der Waals surface area contributed by atoms with Crippen LogP contribution in [0.4, 0.5) is 9.80 Å². The van der Waals surface area contributed by atoms with Crippen molar-refractivity contribution >= 4 is 28.5 Å². The Bertz CT molecular complexity index is 394. The van der Waals surface area contributed by atoms with Gasteiger partial charge in [-0.3, -0.25) is 5.32 Å². The maximum atomic E-state index is 11.7. The summed E-state index contributed by atoms with van der Waals surface area (Å²) in [5.74, 6) is -0.963. The Hall–Kier alpha value is -1.70. The molecule has 0 bridgehead atoms. The Labute approximate surface area is 95.2 Å². The van der Waals surface area contributed by atoms with Crippen molar-refractivity contribution in [2.24, 2.45) is 0 Å². The summed E-state index contributed by atoms with van der Waals surface area (Å²) >= 11 is 1.05. The Morgan fingerprint density at radius 2 is 2.44 bits per heavy atom. The van der Waals surface area contributed by atoms with Crippen molar-refractivity contribution in [1.82, 2.24) is 14.5 Å². The molecule has 0 aliphatic carbocycles. The van der Waals surface area contributed by atoms with Crippen LogP contribution in [0.25, 0.3) is 0 Å². The number of aliphatic carboxylic acids is 1. The van der Waals surface area contributed by atoms with Crippen LogP contribution in [0, 0.1) is 0 Å². The molecule has 0 spiro atoms. The maximum absolute atomic E-state index is 11.7. The second-order valence-corrected chi connectivity index (χ2v) is 4.19. The van der Waals surface area contributed by atoms with Crippen LogP contribution in [0.2, 0.25) is 0 Å². The van der Waals surface area contributed by atoms with Crippen LogP contribution in [0.3, 0.4) is 0 Å². The first-order valence-corrected chi connectivity index (χ1v) is 5.53. The van der Waals surface area contributed by atoms with Crippen LogP contribution >= 0.6 is 11.5 Å². The fourth-order valence-corrected chi connectivity index (χ4v) is 2.08. The fraction of sp³-hybridized carbons (Fsp3) is 0.500. The van der Waals surface area contributed by atoms with Crippen molar-refractivity contribution in [1.29, 1.82) is 0 Å². The largest absolute Gasteiger partial charge is 0.480 e. The average molecular weight is 242 g/mol. The number of hydrogen-bond donors (Lipinski definition) is 2. The number of carbonyl (C=O) groups excluding carboxylic acids is 1. The number of aromatic nitrogens is 2. The van der Waals surface area contributed by atoms with Gasteiger partial charge in [-0.15, -0.1) is 5.10 Å². The highest BCUT2D eigenvalue weighted by Gasteiger charge is 2.34. The third-order valence-corrected chi connectivity index (χ3v) is 2.97. The van der Waals surface area contributed by atoms with Gasteiger partial charge in [-0.2, -0.15) is 0 Å². The van der Waals surface area contributed by atoms with Gasteiger partial charge in [0.2, 0.25) is 0 Å². The Kier molecular flexibility index (Phi) is 3.00. The molecule has 86 valence electrons. The summed E-state index contributed by atoms with van der Waals surface area (Å²) in [5, 5.41) is 15.6. The molecule has 0 unspecified atom stereocenters. The molecule has 2 rings (SSSR count). The fourth-order valence-electron chi connectivity index (χ4n) is 1.67. The summed E-state index contributed by atoms with van der Waals surface area (Å²) in [7, 11) is 0. The van der Waals surface area contributed by atoms with E-state index in [4.69, 9.17) is 5.11 Å². The number of carboxylic acid groups (broad SMARTS) is 1. The molecule has 16 heavy (non-hydrogen) atoms. The highest BCUT2D eigenvalue weighted by molar-refractivity contribution is 7.10. The van der Waals surface area contributed by atoms with Crippen LogP contribution in [-0.2, 0) is 4.79 Å². The van der Waals surface area contributed by atoms with Gasteiger partial charge in [-0.1, -0.05) is 4.49 Å². The topological polar surface area (TPSA) is 95.4 Å². The summed E-state index contributed by atoms with van der Waals surface area (Å²) in [6.45, 7) is 0.467. The number of anilines is 1. The zero-order valence-corrected chi connectivity index (χ0v) is 9.11. The van der Waals surface area contributed by atoms with E-state index in [1.165, 1.54) is 11.1 Å². The molecular weight excluding hydrogens is 232 g/mol. The minimum absolute atomic E-state index is 0.407. The predicted molar refractivity (Wildman–Crippen MR) is 56.3 cm³/mol. The standard InChI is InChI=1S/C8H10N4O3S/c13-7(14)5-2-1-3-12(5)8(15)10-6-4-9-11-16-6/h4-5H,1-3H2,(H,10,15)(H,13,14)/t5-/m1/s1. The van der Waals surface area contributed by atoms with E-state index >= 15 is 0 Å². The third-order valence-electron chi connectivity index (χ3n) is 2.39. The first-order valence-electron chi connectivity index (χ1n) is 4.76. The number of nitrogens with one attached hydrogen (secondary N) is 1. The molecule has 7 nitrogen and oxygen atoms in total. The summed E-state index contributed by atoms with van der Waals surface area (Å²) in [4.78, 5) is 23.9. The lowest BCUT2D eigenvalue weighted by Crippen LogP contribution is -2.42. The highest BCUT2D eigenvalue weighted by atomic mass is 32.1. The SMILES string of the molecule is O=C(O)[C@H]1CCCN1C(=O)Nc1cnns1. The maximum Gasteiger partial charge on any atom is 0.326 e. The lowest BCUT2D eigenvalue weighted by atomic mass is 10.2. The van der Waals surface area contributed by atoms with Crippen LogP contribution < -0.4 is 5.32 Å². The number of carboxylic acids is 1. The second kappa shape index (κ2) is 4.44. The first-order chi connectivity index (χ1) is 7.68. The normalized spacial score (nSPS) is 19.8. The van der Waals surface area contributed by atoms with E-state index in [-0.39, 0.29) is 0 Å². The second-order valence-electron chi connectivity index (χ2n) is 3.40. The van der Waals surface area contributed by atoms with E-state index in [2.05, 4.69) is 14.9 Å². The molecule has 1 saturated heterocycles. The van der Waals surface area contributed by atoms with Gasteiger partial charge in [-0.25, -0.2) is 9.59 Å². The minimum Gasteiger partial charge on any atom is -0.480 e. The summed E-state index contributed by atoms with van der Waals surface area (Å²) in [5.41, 5.74) is 0. The molecule has 2 amide bonds. The van der Waals surface area contributed by atoms with E-state index in [9.17, 15) is 9.59 Å². The van der Waals surface area contributed by atoms with E-state index < -0.39 is 18.0 Å². The molecule has 1 atom stereocenters. The molecule has 8 heteroatoms. The molecule has 0 radical (unpaired) electrons. The number of carbonyl (C=O) groups is 2. The number of amides is 2. The average Bonchev–Trinajstić information content (AvgIpc) is 2.86. The van der Waals surface area contributed by atoms with Gasteiger partial charge < -0.3 is 10.0 Å². The smallest absolute Gasteiger partial charge is 0.326 e. The van der Waals surface area contributed by atoms with E-state index in [0.29, 0.717) is 24.4 Å². The Morgan fingerprint density at radius 1 is 1.62 bits per heavy atom. The quantitative estimate of drug-likeness (QED) is 0.792. The summed E-state index contributed by atoms with van der Waals surface area (Å²) in [6.07, 6.45) is 2.64. The highest BCUT2D eigenvalue weighted by Crippen LogP contribution is 2.19. The van der Waals surface area contributed by atoms with Crippen molar-refractivity contribution in [3.8, 4) is 0 Å². The molecule has 1 aromatic rings. The zero-order chi connectivity index (χ0) is 11.5. The summed E-state index contributed by atoms with van der Waals surface area (Å²) < 4.78 is 3.60. The predicted octanol–water partition coefficient (Wildman–Crippen LogP) is 0.619. The molecular formula is C8H10N4O3S. The molecule has 1 fully saturated rings. The zero-order valence-electron chi connectivity index (χ0n) is 8.29. The first kappa shape index (κ1) is 10.8. The van der Waals surface area contributed by atoms with Gasteiger partial charge in [-0.05, 0) is 12.8 Å². The number of hydrogen-bond acceptors (Lipinski definition) is 5. The molecule has 1 aliphatic rings. The van der Waals surface area contributed by atoms with Crippen LogP contribution in [0.1, 0.15) is 12.8 Å². The number of likely N-dealkylation sites (tertiary alicyclic amines) is 1. The van der Waals surface area contributed by atoms with Gasteiger partial charge in [0.25, 0.3) is 0 Å². The van der Waals surface area contributed by atoms with E-state index in [0.717, 1.165) is 11.5 Å². The number of nitrogens with zero attached hydrogens (tertiary/aromatic N) is 3. The number of urea groups is 1. The van der Waals surface area contributed by atoms with E-state index in [1.807, 2.05) is 0 Å². The third kappa shape index (κ3) is 2.11. The van der Waals surface area contributed by atoms with Crippen molar-refractivity contribution in [3.05, 3.63) is 6.20 Å². The van der Waals surface area contributed by atoms with Gasteiger partial charge in [0.1, 0.15) is 11.0 Å². The van der Waals surface area contributed by atoms with Gasteiger partial charge in [0.15, 0.2) is 0 Å². The summed E-state index contributed by atoms with van der Waals surface area (Å²) in [6, 6.07) is -1.13. The molecule has 1 aromatic heterocycles. The Morgan fingerprint density at radius 3 is 3.06 bits per heavy atom. The lowest BCUT2D eigenvalue weighted by Gasteiger charge is -2.20. The lowest BCUT2D eigenvalue weighted by molar-refractivity contribution is -0.141. The van der Waals surface area contributed by atoms with Crippen LogP contribution in [0.15, 0.2) is 6.20 Å². The monoisotopic (exact) mass is 242 g/mol. The molecule has 2 heterocycles. The van der Waals surface area contributed by atoms with Crippen LogP contribution in [-0.4, -0.2) is 44.2 Å². The Balaban J connectivity index is 2.01. The van der Waals surface area contributed by atoms with E-state index in [1.54, 1.807) is 0 Å². The van der Waals surface area contributed by atoms with Gasteiger partial charge in [0, 0.05) is 18.1 Å². The minimum atomic E-state index is -0.963. The number of rotatable bonds is 2. The van der Waals surface area contributed by atoms with Crippen molar-refractivity contribution in [2.75, 3.05) is 11.9 Å². The molecule has 0 saturated carbocycles. The molecule has 1 aliphatic heterocycles. The molecule has 2 N–H and O–H groups in total. The van der Waals surface area contributed by atoms with Crippen LogP contribution in [0.5, 0.6) is 0 Å². The van der Waals surface area contributed by atoms with Gasteiger partial charge >= 0.3 is 12.0 Å². The molecule has 0 aromatic carbocycles. The van der Waals surface area contributed by atoms with Gasteiger partial charge in [0.05, 0.1) is 6.20 Å². The van der Waals surface area contributed by atoms with Crippen molar-refractivity contribution < 1.29 is 14.7 Å². The van der Waals surface area contributed by atoms with Crippen molar-refractivity contribution in [3.63, 3.8) is 0 Å². The van der Waals surface area contributed by atoms with Crippen molar-refractivity contribution in [2.45, 2.75) is 18.9 Å².